The Morgan fingerprint density at radius 2 is 2.20 bits per heavy atom. The monoisotopic (exact) mass is 202 g/mol. The predicted octanol–water partition coefficient (Wildman–Crippen LogP) is 2.08. The number of carboxylic acids is 1. The molecule has 0 amide bonds. The van der Waals surface area contributed by atoms with Gasteiger partial charge < -0.3 is 10.1 Å². The van der Waals surface area contributed by atoms with Crippen LogP contribution in [0.1, 0.15) is 16.2 Å². The van der Waals surface area contributed by atoms with E-state index in [-0.39, 0.29) is 5.69 Å². The summed E-state index contributed by atoms with van der Waals surface area (Å²) in [5.74, 6) is -1.01. The van der Waals surface area contributed by atoms with Crippen molar-refractivity contribution in [1.82, 2.24) is 9.97 Å². The number of aromatic nitrogens is 2. The summed E-state index contributed by atoms with van der Waals surface area (Å²) in [6.07, 6.45) is 1.75. The molecule has 0 spiro atoms. The summed E-state index contributed by atoms with van der Waals surface area (Å²) in [5, 5.41) is 9.01. The summed E-state index contributed by atoms with van der Waals surface area (Å²) in [6, 6.07) is 7.19. The smallest absolute Gasteiger partial charge is 0.355 e. The minimum atomic E-state index is -1.01. The molecule has 0 bridgehead atoms. The Labute approximate surface area is 86.6 Å². The van der Waals surface area contributed by atoms with E-state index in [1.807, 2.05) is 12.1 Å². The van der Waals surface area contributed by atoms with Crippen LogP contribution in [-0.4, -0.2) is 21.0 Å². The summed E-state index contributed by atoms with van der Waals surface area (Å²) in [7, 11) is 0. The van der Waals surface area contributed by atoms with Crippen molar-refractivity contribution in [2.75, 3.05) is 0 Å². The molecule has 2 aromatic rings. The van der Waals surface area contributed by atoms with E-state index in [1.54, 1.807) is 25.3 Å². The van der Waals surface area contributed by atoms with Crippen molar-refractivity contribution in [3.05, 3.63) is 41.9 Å². The average molecular weight is 202 g/mol. The number of aromatic amines is 1. The van der Waals surface area contributed by atoms with Gasteiger partial charge in [-0.2, -0.15) is 0 Å². The summed E-state index contributed by atoms with van der Waals surface area (Å²) < 4.78 is 0. The largest absolute Gasteiger partial charge is 0.476 e. The van der Waals surface area contributed by atoms with Crippen LogP contribution in [0.3, 0.4) is 0 Å². The maximum Gasteiger partial charge on any atom is 0.355 e. The molecular formula is C11H10N2O2. The number of nitrogens with zero attached hydrogens (tertiary/aromatic N) is 1. The third-order valence-electron chi connectivity index (χ3n) is 2.13. The van der Waals surface area contributed by atoms with E-state index >= 15 is 0 Å². The van der Waals surface area contributed by atoms with Crippen molar-refractivity contribution in [3.63, 3.8) is 0 Å². The second-order valence-electron chi connectivity index (χ2n) is 3.24. The van der Waals surface area contributed by atoms with Crippen LogP contribution in [0.4, 0.5) is 0 Å². The number of aromatic carboxylic acids is 1. The van der Waals surface area contributed by atoms with Gasteiger partial charge in [0.25, 0.3) is 0 Å². The van der Waals surface area contributed by atoms with E-state index in [2.05, 4.69) is 9.97 Å². The molecule has 2 rings (SSSR count). The highest BCUT2D eigenvalue weighted by molar-refractivity contribution is 5.93. The number of hydrogen-bond donors (Lipinski definition) is 2. The standard InChI is InChI=1S/C11H10N2O2/c1-7-4-5-8(9-3-2-6-12-9)10(13-7)11(14)15/h2-6,12H,1H3,(H,14,15). The molecule has 0 unspecified atom stereocenters. The molecule has 15 heavy (non-hydrogen) atoms. The lowest BCUT2D eigenvalue weighted by Gasteiger charge is -2.03. The first-order chi connectivity index (χ1) is 7.18. The summed E-state index contributed by atoms with van der Waals surface area (Å²) >= 11 is 0. The van der Waals surface area contributed by atoms with Gasteiger partial charge in [0.2, 0.25) is 0 Å². The number of nitrogens with one attached hydrogen (secondary N) is 1. The maximum atomic E-state index is 11.0. The zero-order valence-corrected chi connectivity index (χ0v) is 8.19. The Balaban J connectivity index is 2.61. The second-order valence-corrected chi connectivity index (χ2v) is 3.24. The minimum Gasteiger partial charge on any atom is -0.476 e. The lowest BCUT2D eigenvalue weighted by molar-refractivity contribution is 0.0691. The van der Waals surface area contributed by atoms with Crippen LogP contribution in [0, 0.1) is 6.92 Å². The fraction of sp³-hybridized carbons (Fsp3) is 0.0909. The Kier molecular flexibility index (Phi) is 2.25. The highest BCUT2D eigenvalue weighted by Crippen LogP contribution is 2.20. The maximum absolute atomic E-state index is 11.0. The topological polar surface area (TPSA) is 66.0 Å². The number of hydrogen-bond acceptors (Lipinski definition) is 2. The van der Waals surface area contributed by atoms with Crippen LogP contribution in [-0.2, 0) is 0 Å². The van der Waals surface area contributed by atoms with Gasteiger partial charge in [-0.25, -0.2) is 9.78 Å². The van der Waals surface area contributed by atoms with Crippen LogP contribution in [0.5, 0.6) is 0 Å². The Morgan fingerprint density at radius 3 is 2.80 bits per heavy atom. The van der Waals surface area contributed by atoms with Gasteiger partial charge >= 0.3 is 5.97 Å². The van der Waals surface area contributed by atoms with Gasteiger partial charge in [-0.3, -0.25) is 0 Å². The molecule has 2 heterocycles. The number of carboxylic acid groups (broad SMARTS) is 1. The van der Waals surface area contributed by atoms with Crippen LogP contribution in [0.15, 0.2) is 30.5 Å². The van der Waals surface area contributed by atoms with Gasteiger partial charge in [0.1, 0.15) is 0 Å². The van der Waals surface area contributed by atoms with Crippen molar-refractivity contribution in [3.8, 4) is 11.3 Å². The van der Waals surface area contributed by atoms with E-state index in [1.165, 1.54) is 0 Å². The van der Waals surface area contributed by atoms with Gasteiger partial charge in [-0.05, 0) is 31.2 Å². The number of pyridine rings is 1. The van der Waals surface area contributed by atoms with E-state index in [9.17, 15) is 4.79 Å². The molecule has 76 valence electrons. The van der Waals surface area contributed by atoms with Gasteiger partial charge in [0.05, 0.1) is 0 Å². The number of aryl methyl sites for hydroxylation is 1. The van der Waals surface area contributed by atoms with Gasteiger partial charge in [0.15, 0.2) is 5.69 Å². The SMILES string of the molecule is Cc1ccc(-c2ccc[nH]2)c(C(=O)O)n1. The molecule has 0 saturated carbocycles. The molecule has 4 nitrogen and oxygen atoms in total. The fourth-order valence-corrected chi connectivity index (χ4v) is 1.43. The van der Waals surface area contributed by atoms with Crippen molar-refractivity contribution < 1.29 is 9.90 Å². The summed E-state index contributed by atoms with van der Waals surface area (Å²) in [4.78, 5) is 18.0. The lowest BCUT2D eigenvalue weighted by Crippen LogP contribution is -2.04. The molecule has 0 aliphatic heterocycles. The Bertz CT molecular complexity index is 489. The first-order valence-electron chi connectivity index (χ1n) is 4.53. The molecule has 0 saturated heterocycles. The number of carbonyl (C=O) groups is 1. The molecule has 4 heteroatoms. The molecular weight excluding hydrogens is 192 g/mol. The normalized spacial score (nSPS) is 10.2. The molecule has 0 fully saturated rings. The molecule has 2 N–H and O–H groups in total. The van der Waals surface area contributed by atoms with E-state index in [0.29, 0.717) is 11.3 Å². The minimum absolute atomic E-state index is 0.0810. The lowest BCUT2D eigenvalue weighted by atomic mass is 10.1. The van der Waals surface area contributed by atoms with Crippen molar-refractivity contribution in [1.29, 1.82) is 0 Å². The highest BCUT2D eigenvalue weighted by Gasteiger charge is 2.13. The third kappa shape index (κ3) is 1.74. The quantitative estimate of drug-likeness (QED) is 0.783. The predicted molar refractivity (Wildman–Crippen MR) is 55.7 cm³/mol. The van der Waals surface area contributed by atoms with Crippen molar-refractivity contribution in [2.24, 2.45) is 0 Å². The van der Waals surface area contributed by atoms with Crippen LogP contribution in [0.25, 0.3) is 11.3 Å². The van der Waals surface area contributed by atoms with Crippen LogP contribution < -0.4 is 0 Å². The van der Waals surface area contributed by atoms with Crippen molar-refractivity contribution >= 4 is 5.97 Å². The zero-order chi connectivity index (χ0) is 10.8. The molecule has 0 radical (unpaired) electrons. The fourth-order valence-electron chi connectivity index (χ4n) is 1.43. The van der Waals surface area contributed by atoms with Crippen LogP contribution >= 0.6 is 0 Å². The zero-order valence-electron chi connectivity index (χ0n) is 8.19. The second kappa shape index (κ2) is 3.57. The molecule has 2 aromatic heterocycles. The first kappa shape index (κ1) is 9.45. The van der Waals surface area contributed by atoms with E-state index in [4.69, 9.17) is 5.11 Å². The van der Waals surface area contributed by atoms with Gasteiger partial charge in [-0.1, -0.05) is 0 Å². The van der Waals surface area contributed by atoms with E-state index < -0.39 is 5.97 Å². The van der Waals surface area contributed by atoms with Gasteiger partial charge in [0, 0.05) is 23.1 Å². The average Bonchev–Trinajstić information content (AvgIpc) is 2.70. The Morgan fingerprint density at radius 1 is 1.40 bits per heavy atom. The molecule has 0 aliphatic rings. The highest BCUT2D eigenvalue weighted by atomic mass is 16.4. The number of rotatable bonds is 2. The molecule has 0 atom stereocenters. The van der Waals surface area contributed by atoms with Gasteiger partial charge in [-0.15, -0.1) is 0 Å². The summed E-state index contributed by atoms with van der Waals surface area (Å²) in [6.45, 7) is 1.77. The summed E-state index contributed by atoms with van der Waals surface area (Å²) in [5.41, 5.74) is 2.15. The number of H-pyrrole nitrogens is 1. The first-order valence-corrected chi connectivity index (χ1v) is 4.53. The van der Waals surface area contributed by atoms with Crippen LogP contribution in [0.2, 0.25) is 0 Å². The van der Waals surface area contributed by atoms with Crippen molar-refractivity contribution in [2.45, 2.75) is 6.92 Å². The molecule has 0 aromatic carbocycles. The molecule has 0 aliphatic carbocycles. The third-order valence-corrected chi connectivity index (χ3v) is 2.13. The van der Waals surface area contributed by atoms with E-state index in [0.717, 1.165) is 5.69 Å². The Hall–Kier alpha value is -2.10.